The van der Waals surface area contributed by atoms with Crippen molar-refractivity contribution in [3.8, 4) is 0 Å². The predicted octanol–water partition coefficient (Wildman–Crippen LogP) is 3.59. The number of nitrogens with zero attached hydrogens (tertiary/aromatic N) is 1. The summed E-state index contributed by atoms with van der Waals surface area (Å²) in [6.45, 7) is 2.20. The van der Waals surface area contributed by atoms with Gasteiger partial charge in [0.25, 0.3) is 0 Å². The number of aromatic nitrogens is 1. The smallest absolute Gasteiger partial charge is 0.418 e. The van der Waals surface area contributed by atoms with E-state index in [1.165, 1.54) is 15.2 Å². The van der Waals surface area contributed by atoms with Gasteiger partial charge in [0.05, 0.1) is 0 Å². The molecule has 0 spiro atoms. The van der Waals surface area contributed by atoms with Gasteiger partial charge >= 0.3 is 7.25 Å². The predicted molar refractivity (Wildman–Crippen MR) is 62.6 cm³/mol. The fraction of sp³-hybridized carbons (Fsp3) is 0.300. The molecule has 0 aliphatic carbocycles. The Morgan fingerprint density at radius 3 is 2.18 bits per heavy atom. The van der Waals surface area contributed by atoms with Crippen molar-refractivity contribution >= 4 is 28.8 Å². The van der Waals surface area contributed by atoms with Gasteiger partial charge in [-0.15, -0.1) is 0 Å². The van der Waals surface area contributed by atoms with Crippen molar-refractivity contribution in [3.05, 3.63) is 29.3 Å². The first kappa shape index (κ1) is 14.0. The average Bonchev–Trinajstić information content (AvgIpc) is 2.54. The van der Waals surface area contributed by atoms with Crippen molar-refractivity contribution in [2.75, 3.05) is 0 Å². The SMILES string of the molecule is CCc1sc2ccccc2[n+]1C.F[B-](F)(F)F. The van der Waals surface area contributed by atoms with E-state index in [1.54, 1.807) is 0 Å². The Bertz CT molecular complexity index is 489. The van der Waals surface area contributed by atoms with Gasteiger partial charge < -0.3 is 17.3 Å². The molecule has 0 saturated carbocycles. The van der Waals surface area contributed by atoms with E-state index in [4.69, 9.17) is 0 Å². The molecule has 7 heteroatoms. The van der Waals surface area contributed by atoms with Crippen LogP contribution in [-0.4, -0.2) is 7.25 Å². The van der Waals surface area contributed by atoms with E-state index in [0.717, 1.165) is 6.42 Å². The van der Waals surface area contributed by atoms with Gasteiger partial charge in [-0.2, -0.15) is 4.57 Å². The van der Waals surface area contributed by atoms with Gasteiger partial charge in [-0.1, -0.05) is 30.4 Å². The lowest BCUT2D eigenvalue weighted by atomic mass is 10.3. The van der Waals surface area contributed by atoms with Gasteiger partial charge in [0, 0.05) is 12.5 Å². The summed E-state index contributed by atoms with van der Waals surface area (Å²) in [7, 11) is -3.86. The number of hydrogen-bond donors (Lipinski definition) is 0. The standard InChI is InChI=1S/C10H12NS.BF4/c1-3-10-11(2)8-6-4-5-7-9(8)12-10;2-1(3,4)5/h4-7H,3H2,1-2H3;/q+1;-1. The zero-order chi connectivity index (χ0) is 13.1. The van der Waals surface area contributed by atoms with Crippen LogP contribution in [0.4, 0.5) is 17.3 Å². The van der Waals surface area contributed by atoms with Gasteiger partial charge in [-0.05, 0) is 6.07 Å². The van der Waals surface area contributed by atoms with Gasteiger partial charge in [-0.3, -0.25) is 0 Å². The second-order valence-electron chi connectivity index (χ2n) is 3.37. The topological polar surface area (TPSA) is 3.88 Å². The average molecular weight is 265 g/mol. The van der Waals surface area contributed by atoms with Crippen LogP contribution in [0, 0.1) is 0 Å². The lowest BCUT2D eigenvalue weighted by molar-refractivity contribution is -0.647. The van der Waals surface area contributed by atoms with E-state index in [1.807, 2.05) is 11.3 Å². The number of para-hydroxylation sites is 1. The molecule has 0 atom stereocenters. The molecule has 0 aliphatic rings. The maximum Gasteiger partial charge on any atom is 0.673 e. The Balaban J connectivity index is 0.000000249. The lowest BCUT2D eigenvalue weighted by Crippen LogP contribution is -2.30. The maximum atomic E-state index is 9.75. The molecule has 2 rings (SSSR count). The number of aryl methyl sites for hydroxylation is 2. The van der Waals surface area contributed by atoms with Crippen LogP contribution in [0.25, 0.3) is 10.2 Å². The van der Waals surface area contributed by atoms with E-state index in [9.17, 15) is 17.3 Å². The molecule has 0 saturated heterocycles. The minimum atomic E-state index is -6.00. The van der Waals surface area contributed by atoms with E-state index >= 15 is 0 Å². The minimum absolute atomic E-state index is 1.12. The molecule has 0 amide bonds. The Morgan fingerprint density at radius 1 is 1.18 bits per heavy atom. The largest absolute Gasteiger partial charge is 0.673 e. The minimum Gasteiger partial charge on any atom is -0.418 e. The Kier molecular flexibility index (Phi) is 4.50. The molecule has 0 aliphatic heterocycles. The van der Waals surface area contributed by atoms with Crippen LogP contribution in [0.3, 0.4) is 0 Å². The van der Waals surface area contributed by atoms with Gasteiger partial charge in [0.15, 0.2) is 0 Å². The van der Waals surface area contributed by atoms with Crippen molar-refractivity contribution < 1.29 is 21.8 Å². The van der Waals surface area contributed by atoms with Crippen LogP contribution in [0.2, 0.25) is 0 Å². The highest BCUT2D eigenvalue weighted by Crippen LogP contribution is 2.19. The number of benzene rings is 1. The summed E-state index contributed by atoms with van der Waals surface area (Å²) in [5, 5.41) is 1.44. The number of thiazole rings is 1. The number of halogens is 4. The summed E-state index contributed by atoms with van der Waals surface area (Å²) >= 11 is 1.89. The number of hydrogen-bond acceptors (Lipinski definition) is 1. The first-order chi connectivity index (χ1) is 7.83. The maximum absolute atomic E-state index is 9.75. The van der Waals surface area contributed by atoms with Crippen LogP contribution in [0.1, 0.15) is 11.9 Å². The normalized spacial score (nSPS) is 11.2. The van der Waals surface area contributed by atoms with Crippen LogP contribution in [0.15, 0.2) is 24.3 Å². The molecule has 94 valence electrons. The van der Waals surface area contributed by atoms with E-state index in [-0.39, 0.29) is 0 Å². The first-order valence-corrected chi connectivity index (χ1v) is 5.88. The number of rotatable bonds is 1. The summed E-state index contributed by atoms with van der Waals surface area (Å²) < 4.78 is 42.7. The van der Waals surface area contributed by atoms with E-state index in [0.29, 0.717) is 0 Å². The molecule has 0 unspecified atom stereocenters. The second-order valence-corrected chi connectivity index (χ2v) is 4.49. The molecule has 0 fully saturated rings. The molecule has 0 bridgehead atoms. The van der Waals surface area contributed by atoms with Crippen LogP contribution >= 0.6 is 11.3 Å². The fourth-order valence-corrected chi connectivity index (χ4v) is 2.55. The quantitative estimate of drug-likeness (QED) is 0.421. The van der Waals surface area contributed by atoms with Gasteiger partial charge in [0.1, 0.15) is 11.7 Å². The van der Waals surface area contributed by atoms with Crippen LogP contribution in [-0.2, 0) is 13.5 Å². The first-order valence-electron chi connectivity index (χ1n) is 5.06. The molecule has 1 heterocycles. The molecular weight excluding hydrogens is 253 g/mol. The van der Waals surface area contributed by atoms with Crippen molar-refractivity contribution in [2.24, 2.45) is 7.05 Å². The molecule has 1 aromatic heterocycles. The third-order valence-electron chi connectivity index (χ3n) is 2.13. The van der Waals surface area contributed by atoms with E-state index in [2.05, 4.69) is 42.8 Å². The molecular formula is C10H12BF4NS. The van der Waals surface area contributed by atoms with Gasteiger partial charge in [-0.25, -0.2) is 0 Å². The Morgan fingerprint density at radius 2 is 1.71 bits per heavy atom. The summed E-state index contributed by atoms with van der Waals surface area (Å²) in [6.07, 6.45) is 1.12. The summed E-state index contributed by atoms with van der Waals surface area (Å²) in [6, 6.07) is 8.54. The highest BCUT2D eigenvalue weighted by atomic mass is 32.1. The lowest BCUT2D eigenvalue weighted by Gasteiger charge is -1.94. The zero-order valence-corrected chi connectivity index (χ0v) is 10.3. The fourth-order valence-electron chi connectivity index (χ4n) is 1.46. The molecule has 0 N–H and O–H groups in total. The summed E-state index contributed by atoms with van der Waals surface area (Å²) in [5.41, 5.74) is 1.35. The van der Waals surface area contributed by atoms with Gasteiger partial charge in [0.2, 0.25) is 10.5 Å². The molecule has 1 nitrogen and oxygen atoms in total. The van der Waals surface area contributed by atoms with Crippen LogP contribution in [0.5, 0.6) is 0 Å². The van der Waals surface area contributed by atoms with E-state index < -0.39 is 7.25 Å². The molecule has 2 aromatic rings. The van der Waals surface area contributed by atoms with Crippen molar-refractivity contribution in [1.82, 2.24) is 0 Å². The molecule has 17 heavy (non-hydrogen) atoms. The number of fused-ring (bicyclic) bond motifs is 1. The summed E-state index contributed by atoms with van der Waals surface area (Å²) in [5.74, 6) is 0. The second kappa shape index (κ2) is 5.49. The van der Waals surface area contributed by atoms with Crippen molar-refractivity contribution in [3.63, 3.8) is 0 Å². The van der Waals surface area contributed by atoms with Crippen LogP contribution < -0.4 is 4.57 Å². The molecule has 1 aromatic carbocycles. The highest BCUT2D eigenvalue weighted by Gasteiger charge is 2.20. The van der Waals surface area contributed by atoms with Crippen molar-refractivity contribution in [2.45, 2.75) is 13.3 Å². The Labute approximate surface area is 101 Å². The highest BCUT2D eigenvalue weighted by molar-refractivity contribution is 7.18. The third kappa shape index (κ3) is 4.34. The Hall–Kier alpha value is -1.11. The molecule has 0 radical (unpaired) electrons. The zero-order valence-electron chi connectivity index (χ0n) is 9.46. The third-order valence-corrected chi connectivity index (χ3v) is 3.49. The van der Waals surface area contributed by atoms with Crippen molar-refractivity contribution in [1.29, 1.82) is 0 Å². The monoisotopic (exact) mass is 265 g/mol. The summed E-state index contributed by atoms with van der Waals surface area (Å²) in [4.78, 5) is 0.